The van der Waals surface area contributed by atoms with Gasteiger partial charge in [-0.15, -0.1) is 0 Å². The zero-order valence-corrected chi connectivity index (χ0v) is 17.9. The third kappa shape index (κ3) is 3.40. The fourth-order valence-corrected chi connectivity index (χ4v) is 5.51. The van der Waals surface area contributed by atoms with Gasteiger partial charge in [0, 0.05) is 6.04 Å². The van der Waals surface area contributed by atoms with Crippen molar-refractivity contribution in [3.8, 4) is 0 Å². The highest BCUT2D eigenvalue weighted by atomic mass is 16.2. The van der Waals surface area contributed by atoms with Crippen LogP contribution in [0.25, 0.3) is 6.08 Å². The van der Waals surface area contributed by atoms with Crippen molar-refractivity contribution < 1.29 is 4.79 Å². The lowest BCUT2D eigenvalue weighted by Gasteiger charge is -2.59. The van der Waals surface area contributed by atoms with Crippen LogP contribution in [0, 0.1) is 0 Å². The summed E-state index contributed by atoms with van der Waals surface area (Å²) in [6.45, 7) is 0. The quantitative estimate of drug-likeness (QED) is 0.459. The first kappa shape index (κ1) is 19.8. The van der Waals surface area contributed by atoms with Gasteiger partial charge in [-0.25, -0.2) is 0 Å². The molecule has 5 rings (SSSR count). The van der Waals surface area contributed by atoms with Crippen molar-refractivity contribution in [1.29, 1.82) is 0 Å². The summed E-state index contributed by atoms with van der Waals surface area (Å²) in [5.41, 5.74) is 2.67. The second-order valence-corrected chi connectivity index (χ2v) is 8.76. The Morgan fingerprint density at radius 2 is 1.23 bits per heavy atom. The van der Waals surface area contributed by atoms with Gasteiger partial charge in [0.1, 0.15) is 5.41 Å². The maximum atomic E-state index is 14.1. The van der Waals surface area contributed by atoms with E-state index in [4.69, 9.17) is 0 Å². The number of rotatable bonds is 5. The lowest BCUT2D eigenvalue weighted by atomic mass is 9.60. The van der Waals surface area contributed by atoms with E-state index in [0.717, 1.165) is 24.0 Å². The van der Waals surface area contributed by atoms with Crippen LogP contribution in [0.5, 0.6) is 0 Å². The second kappa shape index (κ2) is 8.55. The van der Waals surface area contributed by atoms with Crippen molar-refractivity contribution in [2.45, 2.75) is 49.6 Å². The molecule has 156 valence electrons. The van der Waals surface area contributed by atoms with E-state index in [1.54, 1.807) is 0 Å². The molecule has 1 aliphatic heterocycles. The van der Waals surface area contributed by atoms with Crippen molar-refractivity contribution in [2.75, 3.05) is 0 Å². The molecule has 1 aliphatic carbocycles. The minimum Gasteiger partial charge on any atom is -0.330 e. The molecule has 0 radical (unpaired) electrons. The zero-order chi connectivity index (χ0) is 21.1. The first-order valence-corrected chi connectivity index (χ1v) is 11.5. The van der Waals surface area contributed by atoms with Crippen molar-refractivity contribution in [3.63, 3.8) is 0 Å². The van der Waals surface area contributed by atoms with E-state index >= 15 is 0 Å². The Kier molecular flexibility index (Phi) is 5.46. The number of nitrogens with zero attached hydrogens (tertiary/aromatic N) is 1. The Bertz CT molecular complexity index is 996. The summed E-state index contributed by atoms with van der Waals surface area (Å²) in [6, 6.07) is 31.5. The molecule has 1 saturated carbocycles. The van der Waals surface area contributed by atoms with Gasteiger partial charge < -0.3 is 4.90 Å². The molecule has 1 heterocycles. The third-order valence-electron chi connectivity index (χ3n) is 7.01. The molecule has 0 aromatic heterocycles. The molecule has 0 spiro atoms. The Balaban J connectivity index is 1.64. The number of carbonyl (C=O) groups is 1. The average Bonchev–Trinajstić information content (AvgIpc) is 2.84. The molecule has 3 aromatic carbocycles. The molecule has 2 nitrogen and oxygen atoms in total. The minimum atomic E-state index is -0.661. The van der Waals surface area contributed by atoms with Crippen LogP contribution < -0.4 is 0 Å². The van der Waals surface area contributed by atoms with Gasteiger partial charge in [0.15, 0.2) is 0 Å². The molecule has 0 bridgehead atoms. The van der Waals surface area contributed by atoms with Crippen LogP contribution in [0.1, 0.15) is 48.8 Å². The van der Waals surface area contributed by atoms with Crippen LogP contribution in [0.2, 0.25) is 0 Å². The fourth-order valence-electron chi connectivity index (χ4n) is 5.51. The van der Waals surface area contributed by atoms with E-state index < -0.39 is 5.41 Å². The molecule has 1 atom stereocenters. The number of amides is 1. The normalized spacial score (nSPS) is 21.2. The smallest absolute Gasteiger partial charge is 0.240 e. The maximum Gasteiger partial charge on any atom is 0.240 e. The van der Waals surface area contributed by atoms with Gasteiger partial charge in [0.05, 0.1) is 6.04 Å². The van der Waals surface area contributed by atoms with Gasteiger partial charge in [0.25, 0.3) is 0 Å². The lowest BCUT2D eigenvalue weighted by Crippen LogP contribution is -2.73. The van der Waals surface area contributed by atoms with Gasteiger partial charge in [-0.05, 0) is 29.5 Å². The third-order valence-corrected chi connectivity index (χ3v) is 7.01. The first-order valence-electron chi connectivity index (χ1n) is 11.5. The van der Waals surface area contributed by atoms with Crippen molar-refractivity contribution in [2.24, 2.45) is 0 Å². The summed E-state index contributed by atoms with van der Waals surface area (Å²) in [4.78, 5) is 16.3. The molecule has 31 heavy (non-hydrogen) atoms. The monoisotopic (exact) mass is 407 g/mol. The van der Waals surface area contributed by atoms with Crippen molar-refractivity contribution >= 4 is 12.0 Å². The van der Waals surface area contributed by atoms with Gasteiger partial charge >= 0.3 is 0 Å². The van der Waals surface area contributed by atoms with E-state index in [1.807, 2.05) is 18.2 Å². The predicted molar refractivity (Wildman–Crippen MR) is 127 cm³/mol. The number of carbonyl (C=O) groups excluding carboxylic acids is 1. The molecular formula is C29H29NO. The molecule has 0 unspecified atom stereocenters. The van der Waals surface area contributed by atoms with Gasteiger partial charge in [-0.3, -0.25) is 4.79 Å². The minimum absolute atomic E-state index is 0.00751. The Morgan fingerprint density at radius 3 is 1.77 bits per heavy atom. The summed E-state index contributed by atoms with van der Waals surface area (Å²) in [5.74, 6) is 0.250. The van der Waals surface area contributed by atoms with E-state index in [9.17, 15) is 4.79 Å². The van der Waals surface area contributed by atoms with Gasteiger partial charge in [-0.1, -0.05) is 122 Å². The summed E-state index contributed by atoms with van der Waals surface area (Å²) in [5, 5.41) is 0. The highest BCUT2D eigenvalue weighted by molar-refractivity contribution is 6.01. The second-order valence-electron chi connectivity index (χ2n) is 8.76. The van der Waals surface area contributed by atoms with Crippen LogP contribution in [0.3, 0.4) is 0 Å². The van der Waals surface area contributed by atoms with Crippen molar-refractivity contribution in [3.05, 3.63) is 114 Å². The van der Waals surface area contributed by atoms with E-state index in [-0.39, 0.29) is 11.9 Å². The lowest BCUT2D eigenvalue weighted by molar-refractivity contribution is -0.159. The Hall–Kier alpha value is -3.13. The molecule has 3 aromatic rings. The largest absolute Gasteiger partial charge is 0.330 e. The van der Waals surface area contributed by atoms with Crippen LogP contribution in [-0.4, -0.2) is 22.9 Å². The molecular weight excluding hydrogens is 378 g/mol. The fraction of sp³-hybridized carbons (Fsp3) is 0.276. The summed E-state index contributed by atoms with van der Waals surface area (Å²) < 4.78 is 0. The van der Waals surface area contributed by atoms with Crippen LogP contribution in [-0.2, 0) is 10.2 Å². The summed E-state index contributed by atoms with van der Waals surface area (Å²) in [7, 11) is 0. The van der Waals surface area contributed by atoms with E-state index in [2.05, 4.69) is 89.8 Å². The number of hydrogen-bond donors (Lipinski definition) is 0. The van der Waals surface area contributed by atoms with Crippen LogP contribution in [0.15, 0.2) is 97.1 Å². The van der Waals surface area contributed by atoms with E-state index in [1.165, 1.54) is 24.8 Å². The maximum absolute atomic E-state index is 14.1. The van der Waals surface area contributed by atoms with Crippen LogP contribution >= 0.6 is 0 Å². The summed E-state index contributed by atoms with van der Waals surface area (Å²) in [6.07, 6.45) is 10.4. The molecule has 2 fully saturated rings. The number of benzene rings is 3. The predicted octanol–water partition coefficient (Wildman–Crippen LogP) is 6.23. The Labute approximate surface area is 185 Å². The SMILES string of the molecule is O=C1N(C2CCCCC2)[C@H](/C=C\c2ccccc2)C1(c1ccccc1)c1ccccc1. The zero-order valence-electron chi connectivity index (χ0n) is 17.9. The topological polar surface area (TPSA) is 20.3 Å². The first-order chi connectivity index (χ1) is 15.3. The molecule has 0 N–H and O–H groups in total. The van der Waals surface area contributed by atoms with Crippen molar-refractivity contribution in [1.82, 2.24) is 4.90 Å². The van der Waals surface area contributed by atoms with E-state index in [0.29, 0.717) is 6.04 Å². The number of β-lactam (4-membered cyclic amide) rings is 1. The van der Waals surface area contributed by atoms with Crippen LogP contribution in [0.4, 0.5) is 0 Å². The van der Waals surface area contributed by atoms with Gasteiger partial charge in [-0.2, -0.15) is 0 Å². The Morgan fingerprint density at radius 1 is 0.710 bits per heavy atom. The van der Waals surface area contributed by atoms with Gasteiger partial charge in [0.2, 0.25) is 5.91 Å². The molecule has 2 aliphatic rings. The highest BCUT2D eigenvalue weighted by Gasteiger charge is 2.62. The summed E-state index contributed by atoms with van der Waals surface area (Å²) >= 11 is 0. The average molecular weight is 408 g/mol. The molecule has 1 amide bonds. The number of hydrogen-bond acceptors (Lipinski definition) is 1. The standard InChI is InChI=1S/C29H29NO/c31-28-29(24-15-7-2-8-16-24,25-17-9-3-10-18-25)27(22-21-23-13-5-1-6-14-23)30(28)26-19-11-4-12-20-26/h1-3,5-10,13-18,21-22,26-27H,4,11-12,19-20H2/b22-21-/t27-/m1/s1. The number of likely N-dealkylation sites (tertiary alicyclic amines) is 1. The highest BCUT2D eigenvalue weighted by Crippen LogP contribution is 2.50. The molecule has 2 heteroatoms. The molecule has 1 saturated heterocycles.